The predicted octanol–water partition coefficient (Wildman–Crippen LogP) is 5.09. The molecule has 0 N–H and O–H groups in total. The summed E-state index contributed by atoms with van der Waals surface area (Å²) >= 11 is 7.36. The zero-order valence-corrected chi connectivity index (χ0v) is 13.0. The smallest absolute Gasteiger partial charge is 0.206 e. The Morgan fingerprint density at radius 1 is 1.17 bits per heavy atom. The van der Waals surface area contributed by atoms with Crippen molar-refractivity contribution < 1.29 is 13.6 Å². The third-order valence-electron chi connectivity index (χ3n) is 2.34. The highest BCUT2D eigenvalue weighted by Crippen LogP contribution is 2.30. The molecule has 0 aliphatic rings. The molecule has 6 heteroatoms. The van der Waals surface area contributed by atoms with Crippen molar-refractivity contribution in [3.05, 3.63) is 54.1 Å². The molecule has 0 atom stereocenters. The summed E-state index contributed by atoms with van der Waals surface area (Å²) in [6.07, 6.45) is 0. The number of ketones is 1. The summed E-state index contributed by atoms with van der Waals surface area (Å²) in [4.78, 5) is 12.4. The number of carbonyl (C=O) groups is 1. The Labute approximate surface area is 123 Å². The number of hydrogen-bond donors (Lipinski definition) is 0. The van der Waals surface area contributed by atoms with Gasteiger partial charge in [0.05, 0.1) is 18.7 Å². The lowest BCUT2D eigenvalue weighted by Crippen LogP contribution is -2.03. The van der Waals surface area contributed by atoms with Crippen molar-refractivity contribution >= 4 is 49.0 Å². The molecule has 0 bridgehead atoms. The van der Waals surface area contributed by atoms with E-state index in [-0.39, 0.29) is 10.0 Å². The molecule has 94 valence electrons. The van der Waals surface area contributed by atoms with Crippen LogP contribution < -0.4 is 0 Å². The largest absolute Gasteiger partial charge is 0.288 e. The van der Waals surface area contributed by atoms with Crippen LogP contribution in [0, 0.1) is 18.6 Å². The van der Waals surface area contributed by atoms with Crippen molar-refractivity contribution in [2.45, 2.75) is 6.92 Å². The fourth-order valence-electron chi connectivity index (χ4n) is 1.40. The molecule has 0 spiro atoms. The van der Waals surface area contributed by atoms with Gasteiger partial charge in [-0.25, -0.2) is 8.78 Å². The molecule has 2 rings (SSSR count). The molecule has 0 saturated carbocycles. The van der Waals surface area contributed by atoms with Gasteiger partial charge in [-0.15, -0.1) is 11.3 Å². The standard InChI is InChI=1S/C12H6Br2F2OS/c1-5-2-10(18-12(5)14)11(17)6-3-9(16)7(13)4-8(6)15/h2-4H,1H3. The fraction of sp³-hybridized carbons (Fsp3) is 0.0833. The molecule has 0 radical (unpaired) electrons. The van der Waals surface area contributed by atoms with Gasteiger partial charge in [0, 0.05) is 0 Å². The Morgan fingerprint density at radius 2 is 1.83 bits per heavy atom. The van der Waals surface area contributed by atoms with Crippen LogP contribution in [0.5, 0.6) is 0 Å². The van der Waals surface area contributed by atoms with Crippen LogP contribution in [0.15, 0.2) is 26.5 Å². The van der Waals surface area contributed by atoms with Crippen molar-refractivity contribution in [1.82, 2.24) is 0 Å². The highest BCUT2D eigenvalue weighted by atomic mass is 79.9. The molecule has 0 unspecified atom stereocenters. The Bertz CT molecular complexity index is 618. The van der Waals surface area contributed by atoms with E-state index in [1.54, 1.807) is 6.07 Å². The van der Waals surface area contributed by atoms with Crippen LogP contribution in [-0.2, 0) is 0 Å². The SMILES string of the molecule is Cc1cc(C(=O)c2cc(F)c(Br)cc2F)sc1Br. The lowest BCUT2D eigenvalue weighted by Gasteiger charge is -2.02. The minimum atomic E-state index is -0.740. The van der Waals surface area contributed by atoms with E-state index in [2.05, 4.69) is 31.9 Å². The van der Waals surface area contributed by atoms with Crippen molar-refractivity contribution in [2.24, 2.45) is 0 Å². The lowest BCUT2D eigenvalue weighted by atomic mass is 10.1. The molecule has 1 aromatic carbocycles. The first kappa shape index (κ1) is 13.8. The molecule has 1 heterocycles. The zero-order valence-electron chi connectivity index (χ0n) is 9.06. The number of aryl methyl sites for hydroxylation is 1. The molecule has 1 nitrogen and oxygen atoms in total. The minimum absolute atomic E-state index is 0.0000840. The highest BCUT2D eigenvalue weighted by Gasteiger charge is 2.19. The molecule has 18 heavy (non-hydrogen) atoms. The lowest BCUT2D eigenvalue weighted by molar-refractivity contribution is 0.103. The van der Waals surface area contributed by atoms with Crippen molar-refractivity contribution in [1.29, 1.82) is 0 Å². The van der Waals surface area contributed by atoms with Gasteiger partial charge in [0.1, 0.15) is 11.6 Å². The van der Waals surface area contributed by atoms with E-state index in [4.69, 9.17) is 0 Å². The maximum Gasteiger partial charge on any atom is 0.206 e. The van der Waals surface area contributed by atoms with E-state index in [1.807, 2.05) is 6.92 Å². The third kappa shape index (κ3) is 2.55. The van der Waals surface area contributed by atoms with Crippen LogP contribution in [0.4, 0.5) is 8.78 Å². The average Bonchev–Trinajstić information content (AvgIpc) is 2.63. The van der Waals surface area contributed by atoms with Gasteiger partial charge in [-0.2, -0.15) is 0 Å². The van der Waals surface area contributed by atoms with Gasteiger partial charge in [-0.1, -0.05) is 0 Å². The van der Waals surface area contributed by atoms with Crippen LogP contribution in [0.2, 0.25) is 0 Å². The number of thiophene rings is 1. The van der Waals surface area contributed by atoms with E-state index in [9.17, 15) is 13.6 Å². The van der Waals surface area contributed by atoms with Crippen LogP contribution in [0.3, 0.4) is 0 Å². The van der Waals surface area contributed by atoms with Crippen LogP contribution in [0.1, 0.15) is 20.8 Å². The molecule has 0 aliphatic heterocycles. The summed E-state index contributed by atoms with van der Waals surface area (Å²) in [6.45, 7) is 1.83. The average molecular weight is 396 g/mol. The normalized spacial score (nSPS) is 10.7. The maximum absolute atomic E-state index is 13.6. The molecular weight excluding hydrogens is 390 g/mol. The monoisotopic (exact) mass is 394 g/mol. The van der Waals surface area contributed by atoms with Crippen LogP contribution >= 0.6 is 43.2 Å². The van der Waals surface area contributed by atoms with Crippen molar-refractivity contribution in [2.75, 3.05) is 0 Å². The first-order chi connectivity index (χ1) is 8.40. The van der Waals surface area contributed by atoms with Gasteiger partial charge in [-0.3, -0.25) is 4.79 Å². The summed E-state index contributed by atoms with van der Waals surface area (Å²) in [7, 11) is 0. The summed E-state index contributed by atoms with van der Waals surface area (Å²) in [5, 5.41) is 0. The van der Waals surface area contributed by atoms with Gasteiger partial charge >= 0.3 is 0 Å². The molecular formula is C12H6Br2F2OS. The van der Waals surface area contributed by atoms with Crippen LogP contribution in [-0.4, -0.2) is 5.78 Å². The van der Waals surface area contributed by atoms with Gasteiger partial charge in [0.15, 0.2) is 0 Å². The Kier molecular flexibility index (Phi) is 3.99. The number of halogens is 4. The Balaban J connectivity index is 2.49. The van der Waals surface area contributed by atoms with Crippen LogP contribution in [0.25, 0.3) is 0 Å². The maximum atomic E-state index is 13.6. The summed E-state index contributed by atoms with van der Waals surface area (Å²) in [5.74, 6) is -1.92. The van der Waals surface area contributed by atoms with Crippen molar-refractivity contribution in [3.8, 4) is 0 Å². The van der Waals surface area contributed by atoms with Gasteiger partial charge in [0.2, 0.25) is 5.78 Å². The van der Waals surface area contributed by atoms with Gasteiger partial charge in [0.25, 0.3) is 0 Å². The molecule has 2 aromatic rings. The number of rotatable bonds is 2. The molecule has 0 saturated heterocycles. The fourth-order valence-corrected chi connectivity index (χ4v) is 3.21. The van der Waals surface area contributed by atoms with E-state index in [0.717, 1.165) is 21.5 Å². The molecule has 0 amide bonds. The minimum Gasteiger partial charge on any atom is -0.288 e. The third-order valence-corrected chi connectivity index (χ3v) is 5.08. The second-order valence-electron chi connectivity index (χ2n) is 3.64. The topological polar surface area (TPSA) is 17.1 Å². The molecule has 0 fully saturated rings. The van der Waals surface area contributed by atoms with E-state index in [0.29, 0.717) is 4.88 Å². The second kappa shape index (κ2) is 5.19. The summed E-state index contributed by atoms with van der Waals surface area (Å²) in [6, 6.07) is 3.51. The first-order valence-electron chi connectivity index (χ1n) is 4.85. The van der Waals surface area contributed by atoms with Gasteiger partial charge in [-0.05, 0) is 62.5 Å². The van der Waals surface area contributed by atoms with E-state index < -0.39 is 17.4 Å². The Hall–Kier alpha value is -0.590. The number of benzene rings is 1. The van der Waals surface area contributed by atoms with E-state index in [1.165, 1.54) is 11.3 Å². The predicted molar refractivity (Wildman–Crippen MR) is 74.2 cm³/mol. The van der Waals surface area contributed by atoms with Gasteiger partial charge < -0.3 is 0 Å². The van der Waals surface area contributed by atoms with E-state index >= 15 is 0 Å². The van der Waals surface area contributed by atoms with Crippen molar-refractivity contribution in [3.63, 3.8) is 0 Å². The molecule has 0 aliphatic carbocycles. The highest BCUT2D eigenvalue weighted by molar-refractivity contribution is 9.11. The number of carbonyl (C=O) groups excluding carboxylic acids is 1. The first-order valence-corrected chi connectivity index (χ1v) is 7.25. The Morgan fingerprint density at radius 3 is 2.39 bits per heavy atom. The second-order valence-corrected chi connectivity index (χ2v) is 6.87. The summed E-state index contributed by atoms with van der Waals surface area (Å²) < 4.78 is 27.8. The quantitative estimate of drug-likeness (QED) is 0.511. The summed E-state index contributed by atoms with van der Waals surface area (Å²) in [5.41, 5.74) is 0.630. The molecule has 1 aromatic heterocycles. The number of hydrogen-bond acceptors (Lipinski definition) is 2. The zero-order chi connectivity index (χ0) is 13.4.